The molecule has 4 rings (SSSR count). The van der Waals surface area contributed by atoms with E-state index in [9.17, 15) is 18.0 Å². The Morgan fingerprint density at radius 1 is 1.03 bits per heavy atom. The van der Waals surface area contributed by atoms with Crippen molar-refractivity contribution >= 4 is 22.6 Å². The molecule has 0 spiro atoms. The average molecular weight is 397 g/mol. The van der Waals surface area contributed by atoms with Crippen LogP contribution in [0.2, 0.25) is 0 Å². The van der Waals surface area contributed by atoms with Crippen LogP contribution in [0.4, 0.5) is 19.0 Å². The van der Waals surface area contributed by atoms with Gasteiger partial charge in [-0.1, -0.05) is 6.07 Å². The quantitative estimate of drug-likeness (QED) is 0.493. The number of hydrogen-bond acceptors (Lipinski definition) is 5. The van der Waals surface area contributed by atoms with Gasteiger partial charge in [0.1, 0.15) is 17.2 Å². The first kappa shape index (κ1) is 18.6. The van der Waals surface area contributed by atoms with E-state index in [4.69, 9.17) is 0 Å². The second-order valence-corrected chi connectivity index (χ2v) is 6.27. The molecule has 0 atom stereocenters. The first-order valence-corrected chi connectivity index (χ1v) is 8.61. The average Bonchev–Trinajstić information content (AvgIpc) is 3.16. The Morgan fingerprint density at radius 2 is 1.90 bits per heavy atom. The minimum absolute atomic E-state index is 0.185. The number of anilines is 1. The van der Waals surface area contributed by atoms with Crippen LogP contribution in [0.1, 0.15) is 27.2 Å². The molecule has 0 aromatic carbocycles. The van der Waals surface area contributed by atoms with E-state index < -0.39 is 11.9 Å². The number of pyridine rings is 3. The Morgan fingerprint density at radius 3 is 2.59 bits per heavy atom. The molecule has 2 N–H and O–H groups in total. The van der Waals surface area contributed by atoms with Crippen LogP contribution in [0.15, 0.2) is 61.2 Å². The van der Waals surface area contributed by atoms with Crippen LogP contribution in [-0.2, 0) is 12.7 Å². The molecule has 0 aliphatic rings. The van der Waals surface area contributed by atoms with Crippen LogP contribution >= 0.6 is 0 Å². The normalized spacial score (nSPS) is 11.6. The molecule has 4 aromatic heterocycles. The SMILES string of the molecule is O=C(c1ccc(NCc2ccc(C(F)(F)F)nc2)nc1)c1c[nH]c2ncccc12. The highest BCUT2D eigenvalue weighted by molar-refractivity contribution is 6.15. The Bertz CT molecular complexity index is 1150. The maximum Gasteiger partial charge on any atom is 0.433 e. The summed E-state index contributed by atoms with van der Waals surface area (Å²) in [6.07, 6.45) is 1.41. The van der Waals surface area contributed by atoms with Crippen molar-refractivity contribution in [3.8, 4) is 0 Å². The number of carbonyl (C=O) groups is 1. The largest absolute Gasteiger partial charge is 0.433 e. The van der Waals surface area contributed by atoms with Gasteiger partial charge < -0.3 is 10.3 Å². The molecule has 0 unspecified atom stereocenters. The monoisotopic (exact) mass is 397 g/mol. The van der Waals surface area contributed by atoms with Gasteiger partial charge in [0.25, 0.3) is 0 Å². The molecule has 9 heteroatoms. The summed E-state index contributed by atoms with van der Waals surface area (Å²) in [6.45, 7) is 0.250. The zero-order valence-electron chi connectivity index (χ0n) is 14.9. The number of ketones is 1. The number of hydrogen-bond donors (Lipinski definition) is 2. The Hall–Kier alpha value is -3.75. The summed E-state index contributed by atoms with van der Waals surface area (Å²) in [6, 6.07) is 9.13. The Balaban J connectivity index is 1.43. The van der Waals surface area contributed by atoms with E-state index in [1.165, 1.54) is 18.5 Å². The maximum atomic E-state index is 12.7. The van der Waals surface area contributed by atoms with Gasteiger partial charge in [0.2, 0.25) is 0 Å². The Kier molecular flexibility index (Phi) is 4.71. The molecular formula is C20H14F3N5O. The lowest BCUT2D eigenvalue weighted by molar-refractivity contribution is -0.141. The highest BCUT2D eigenvalue weighted by atomic mass is 19.4. The highest BCUT2D eigenvalue weighted by Crippen LogP contribution is 2.27. The van der Waals surface area contributed by atoms with Gasteiger partial charge in [-0.25, -0.2) is 9.97 Å². The maximum absolute atomic E-state index is 12.7. The lowest BCUT2D eigenvalue weighted by Gasteiger charge is -2.08. The van der Waals surface area contributed by atoms with Crippen molar-refractivity contribution in [1.29, 1.82) is 0 Å². The van der Waals surface area contributed by atoms with Gasteiger partial charge in [-0.3, -0.25) is 9.78 Å². The highest BCUT2D eigenvalue weighted by Gasteiger charge is 2.31. The molecule has 6 nitrogen and oxygen atoms in total. The van der Waals surface area contributed by atoms with Gasteiger partial charge in [-0.2, -0.15) is 13.2 Å². The van der Waals surface area contributed by atoms with Crippen LogP contribution in [0.5, 0.6) is 0 Å². The topological polar surface area (TPSA) is 83.6 Å². The van der Waals surface area contributed by atoms with E-state index >= 15 is 0 Å². The fourth-order valence-corrected chi connectivity index (χ4v) is 2.82. The van der Waals surface area contributed by atoms with Crippen molar-refractivity contribution in [3.05, 3.63) is 83.6 Å². The molecule has 0 bridgehead atoms. The number of carbonyl (C=O) groups excluding carboxylic acids is 1. The van der Waals surface area contributed by atoms with Crippen molar-refractivity contribution in [2.75, 3.05) is 5.32 Å². The van der Waals surface area contributed by atoms with Crippen molar-refractivity contribution < 1.29 is 18.0 Å². The van der Waals surface area contributed by atoms with Crippen LogP contribution in [0.25, 0.3) is 11.0 Å². The molecule has 0 saturated carbocycles. The first-order chi connectivity index (χ1) is 13.9. The summed E-state index contributed by atoms with van der Waals surface area (Å²) in [4.78, 5) is 27.5. The van der Waals surface area contributed by atoms with Gasteiger partial charge >= 0.3 is 6.18 Å². The number of halogens is 3. The second-order valence-electron chi connectivity index (χ2n) is 6.27. The minimum Gasteiger partial charge on any atom is -0.366 e. The van der Waals surface area contributed by atoms with Gasteiger partial charge in [-0.15, -0.1) is 0 Å². The number of aromatic amines is 1. The molecule has 0 radical (unpaired) electrons. The lowest BCUT2D eigenvalue weighted by atomic mass is 10.1. The molecule has 0 fully saturated rings. The van der Waals surface area contributed by atoms with Gasteiger partial charge in [-0.05, 0) is 35.9 Å². The molecule has 4 aromatic rings. The molecular weight excluding hydrogens is 383 g/mol. The van der Waals surface area contributed by atoms with E-state index in [0.29, 0.717) is 28.2 Å². The molecule has 0 aliphatic carbocycles. The summed E-state index contributed by atoms with van der Waals surface area (Å²) in [5.74, 6) is 0.303. The summed E-state index contributed by atoms with van der Waals surface area (Å²) in [5, 5.41) is 3.72. The van der Waals surface area contributed by atoms with Crippen molar-refractivity contribution in [3.63, 3.8) is 0 Å². The number of nitrogens with one attached hydrogen (secondary N) is 2. The van der Waals surface area contributed by atoms with Crippen molar-refractivity contribution in [2.24, 2.45) is 0 Å². The molecule has 0 amide bonds. The number of H-pyrrole nitrogens is 1. The van der Waals surface area contributed by atoms with E-state index in [-0.39, 0.29) is 12.3 Å². The lowest BCUT2D eigenvalue weighted by Crippen LogP contribution is -2.09. The summed E-state index contributed by atoms with van der Waals surface area (Å²) in [7, 11) is 0. The Labute approximate surface area is 162 Å². The number of rotatable bonds is 5. The van der Waals surface area contributed by atoms with Crippen molar-refractivity contribution in [2.45, 2.75) is 12.7 Å². The summed E-state index contributed by atoms with van der Waals surface area (Å²) < 4.78 is 37.6. The predicted molar refractivity (Wildman–Crippen MR) is 100 cm³/mol. The fourth-order valence-electron chi connectivity index (χ4n) is 2.82. The molecule has 4 heterocycles. The number of fused-ring (bicyclic) bond motifs is 1. The van der Waals surface area contributed by atoms with E-state index in [1.54, 1.807) is 30.6 Å². The fraction of sp³-hybridized carbons (Fsp3) is 0.100. The summed E-state index contributed by atoms with van der Waals surface area (Å²) in [5.41, 5.74) is 1.19. The second kappa shape index (κ2) is 7.34. The van der Waals surface area contributed by atoms with E-state index in [1.807, 2.05) is 6.07 Å². The standard InChI is InChI=1S/C20H14F3N5O/c21-20(22,23)16-5-3-12(8-25-16)9-26-17-6-4-13(10-27-17)18(29)15-11-28-19-14(15)2-1-7-24-19/h1-8,10-11H,9H2,(H,24,28)(H,26,27). The smallest absolute Gasteiger partial charge is 0.366 e. The minimum atomic E-state index is -4.46. The third-order valence-corrected chi connectivity index (χ3v) is 4.31. The third-order valence-electron chi connectivity index (χ3n) is 4.31. The third kappa shape index (κ3) is 3.93. The van der Waals surface area contributed by atoms with Crippen molar-refractivity contribution in [1.82, 2.24) is 19.9 Å². The van der Waals surface area contributed by atoms with Gasteiger partial charge in [0.15, 0.2) is 5.78 Å². The van der Waals surface area contributed by atoms with Gasteiger partial charge in [0, 0.05) is 47.8 Å². The zero-order chi connectivity index (χ0) is 20.4. The molecule has 0 aliphatic heterocycles. The number of nitrogens with zero attached hydrogens (tertiary/aromatic N) is 3. The van der Waals surface area contributed by atoms with Crippen LogP contribution in [-0.4, -0.2) is 25.7 Å². The molecule has 0 saturated heterocycles. The molecule has 29 heavy (non-hydrogen) atoms. The van der Waals surface area contributed by atoms with Gasteiger partial charge in [0.05, 0.1) is 0 Å². The van der Waals surface area contributed by atoms with Crippen LogP contribution in [0, 0.1) is 0 Å². The predicted octanol–water partition coefficient (Wildman–Crippen LogP) is 4.21. The van der Waals surface area contributed by atoms with E-state index in [2.05, 4.69) is 25.3 Å². The zero-order valence-corrected chi connectivity index (χ0v) is 14.9. The van der Waals surface area contributed by atoms with Crippen LogP contribution in [0.3, 0.4) is 0 Å². The summed E-state index contributed by atoms with van der Waals surface area (Å²) >= 11 is 0. The molecule has 146 valence electrons. The van der Waals surface area contributed by atoms with E-state index in [0.717, 1.165) is 11.5 Å². The van der Waals surface area contributed by atoms with Crippen LogP contribution < -0.4 is 5.32 Å². The number of alkyl halides is 3. The number of aromatic nitrogens is 4. The first-order valence-electron chi connectivity index (χ1n) is 8.61.